The van der Waals surface area contributed by atoms with E-state index in [0.717, 1.165) is 56.8 Å². The highest BCUT2D eigenvalue weighted by molar-refractivity contribution is 6.02. The van der Waals surface area contributed by atoms with Gasteiger partial charge in [-0.3, -0.25) is 9.98 Å². The summed E-state index contributed by atoms with van der Waals surface area (Å²) in [6, 6.07) is 41.7. The Morgan fingerprint density at radius 3 is 1.30 bits per heavy atom. The average molecular weight is 526 g/mol. The lowest BCUT2D eigenvalue weighted by Crippen LogP contribution is -2.05. The van der Waals surface area contributed by atoms with Crippen LogP contribution < -0.4 is 9.47 Å². The van der Waals surface area contributed by atoms with Crippen LogP contribution in [-0.2, 0) is 13.2 Å². The Labute approximate surface area is 235 Å². The molecule has 0 aliphatic heterocycles. The second kappa shape index (κ2) is 13.2. The standard InChI is InChI=1S/C35H31N3O2/c1-26(36-30-16-20-32(21-17-30)39-24-28-10-5-3-6-11-28)34-14-9-15-35(38-34)27(2)37-31-18-22-33(23-19-31)40-25-29-12-7-4-8-13-29/h3-23H,24-25H2,1-2H3. The fourth-order valence-electron chi connectivity index (χ4n) is 4.06. The van der Waals surface area contributed by atoms with E-state index in [4.69, 9.17) is 24.4 Å². The van der Waals surface area contributed by atoms with Gasteiger partial charge in [-0.25, -0.2) is 4.98 Å². The van der Waals surface area contributed by atoms with Crippen LogP contribution >= 0.6 is 0 Å². The van der Waals surface area contributed by atoms with Gasteiger partial charge >= 0.3 is 0 Å². The number of aliphatic imine (C=N–C) groups is 2. The minimum Gasteiger partial charge on any atom is -0.489 e. The van der Waals surface area contributed by atoms with Gasteiger partial charge in [-0.15, -0.1) is 0 Å². The first-order chi connectivity index (χ1) is 19.6. The first-order valence-corrected chi connectivity index (χ1v) is 13.2. The molecule has 1 aromatic heterocycles. The third-order valence-electron chi connectivity index (χ3n) is 6.25. The van der Waals surface area contributed by atoms with Crippen LogP contribution in [0.25, 0.3) is 0 Å². The Hall–Kier alpha value is -5.03. The van der Waals surface area contributed by atoms with E-state index in [2.05, 4.69) is 24.3 Å². The van der Waals surface area contributed by atoms with E-state index in [1.165, 1.54) is 0 Å². The maximum absolute atomic E-state index is 5.88. The van der Waals surface area contributed by atoms with Crippen LogP contribution in [0.1, 0.15) is 36.4 Å². The van der Waals surface area contributed by atoms with Crippen LogP contribution in [0.2, 0.25) is 0 Å². The van der Waals surface area contributed by atoms with E-state index in [1.807, 2.05) is 117 Å². The minimum absolute atomic E-state index is 0.534. The molecule has 0 bridgehead atoms. The van der Waals surface area contributed by atoms with Crippen molar-refractivity contribution in [3.8, 4) is 11.5 Å². The number of hydrogen-bond acceptors (Lipinski definition) is 5. The third-order valence-corrected chi connectivity index (χ3v) is 6.25. The summed E-state index contributed by atoms with van der Waals surface area (Å²) >= 11 is 0. The molecular weight excluding hydrogens is 494 g/mol. The fourth-order valence-corrected chi connectivity index (χ4v) is 4.06. The largest absolute Gasteiger partial charge is 0.489 e. The van der Waals surface area contributed by atoms with Gasteiger partial charge in [0.2, 0.25) is 0 Å². The lowest BCUT2D eigenvalue weighted by atomic mass is 10.2. The van der Waals surface area contributed by atoms with Crippen molar-refractivity contribution in [3.63, 3.8) is 0 Å². The van der Waals surface area contributed by atoms with Crippen LogP contribution in [0, 0.1) is 0 Å². The van der Waals surface area contributed by atoms with Crippen molar-refractivity contribution in [1.82, 2.24) is 4.98 Å². The molecule has 40 heavy (non-hydrogen) atoms. The molecule has 0 fully saturated rings. The fraction of sp³-hybridized carbons (Fsp3) is 0.114. The number of hydrogen-bond donors (Lipinski definition) is 0. The molecule has 1 heterocycles. The molecule has 4 aromatic carbocycles. The number of pyridine rings is 1. The first-order valence-electron chi connectivity index (χ1n) is 13.2. The predicted molar refractivity (Wildman–Crippen MR) is 162 cm³/mol. The van der Waals surface area contributed by atoms with Gasteiger partial charge in [0, 0.05) is 0 Å². The molecule has 0 amide bonds. The first kappa shape index (κ1) is 26.6. The van der Waals surface area contributed by atoms with E-state index in [0.29, 0.717) is 13.2 Å². The van der Waals surface area contributed by atoms with Gasteiger partial charge in [0.25, 0.3) is 0 Å². The molecule has 0 unspecified atom stereocenters. The summed E-state index contributed by atoms with van der Waals surface area (Å²) in [6.07, 6.45) is 0. The van der Waals surface area contributed by atoms with Crippen molar-refractivity contribution in [2.24, 2.45) is 9.98 Å². The molecule has 0 N–H and O–H groups in total. The van der Waals surface area contributed by atoms with E-state index >= 15 is 0 Å². The summed E-state index contributed by atoms with van der Waals surface area (Å²) in [5.74, 6) is 1.62. The summed E-state index contributed by atoms with van der Waals surface area (Å²) in [4.78, 5) is 14.3. The summed E-state index contributed by atoms with van der Waals surface area (Å²) in [7, 11) is 0. The summed E-state index contributed by atoms with van der Waals surface area (Å²) in [5.41, 5.74) is 7.22. The van der Waals surface area contributed by atoms with Crippen molar-refractivity contribution < 1.29 is 9.47 Å². The van der Waals surface area contributed by atoms with Crippen molar-refractivity contribution in [3.05, 3.63) is 150 Å². The molecule has 5 nitrogen and oxygen atoms in total. The van der Waals surface area contributed by atoms with Crippen LogP contribution in [0.4, 0.5) is 11.4 Å². The molecule has 198 valence electrons. The molecular formula is C35H31N3O2. The number of benzene rings is 4. The minimum atomic E-state index is 0.534. The smallest absolute Gasteiger partial charge is 0.119 e. The maximum Gasteiger partial charge on any atom is 0.119 e. The van der Waals surface area contributed by atoms with E-state index in [9.17, 15) is 0 Å². The van der Waals surface area contributed by atoms with Crippen molar-refractivity contribution >= 4 is 22.8 Å². The van der Waals surface area contributed by atoms with E-state index in [1.54, 1.807) is 0 Å². The number of aromatic nitrogens is 1. The topological polar surface area (TPSA) is 56.1 Å². The van der Waals surface area contributed by atoms with Crippen LogP contribution in [0.5, 0.6) is 11.5 Å². The number of ether oxygens (including phenoxy) is 2. The SMILES string of the molecule is CC(=Nc1ccc(OCc2ccccc2)cc1)c1cccc(C(C)=Nc2ccc(OCc3ccccc3)cc2)n1. The van der Waals surface area contributed by atoms with Gasteiger partial charge in [-0.1, -0.05) is 66.7 Å². The number of nitrogens with zero attached hydrogens (tertiary/aromatic N) is 3. The van der Waals surface area contributed by atoms with Gasteiger partial charge in [-0.05, 0) is 85.6 Å². The Bertz CT molecular complexity index is 1460. The van der Waals surface area contributed by atoms with E-state index in [-0.39, 0.29) is 0 Å². The molecule has 0 atom stereocenters. The lowest BCUT2D eigenvalue weighted by molar-refractivity contribution is 0.306. The van der Waals surface area contributed by atoms with Crippen molar-refractivity contribution in [1.29, 1.82) is 0 Å². The normalized spacial score (nSPS) is 11.8. The highest BCUT2D eigenvalue weighted by atomic mass is 16.5. The zero-order valence-corrected chi connectivity index (χ0v) is 22.7. The van der Waals surface area contributed by atoms with Crippen molar-refractivity contribution in [2.45, 2.75) is 27.1 Å². The predicted octanol–water partition coefficient (Wildman–Crippen LogP) is 8.52. The van der Waals surface area contributed by atoms with Crippen molar-refractivity contribution in [2.75, 3.05) is 0 Å². The van der Waals surface area contributed by atoms with Gasteiger partial charge < -0.3 is 9.47 Å². The molecule has 5 rings (SSSR count). The Morgan fingerprint density at radius 2 is 0.900 bits per heavy atom. The Morgan fingerprint density at radius 1 is 0.500 bits per heavy atom. The molecule has 0 saturated heterocycles. The molecule has 0 aliphatic carbocycles. The van der Waals surface area contributed by atoms with Crippen LogP contribution in [-0.4, -0.2) is 16.4 Å². The van der Waals surface area contributed by atoms with Crippen LogP contribution in [0.15, 0.2) is 137 Å². The molecule has 0 aliphatic rings. The molecule has 0 spiro atoms. The highest BCUT2D eigenvalue weighted by Gasteiger charge is 2.06. The third kappa shape index (κ3) is 7.51. The average Bonchev–Trinajstić information content (AvgIpc) is 3.01. The zero-order chi connectivity index (χ0) is 27.6. The quantitative estimate of drug-likeness (QED) is 0.172. The molecule has 0 saturated carbocycles. The monoisotopic (exact) mass is 525 g/mol. The van der Waals surface area contributed by atoms with Gasteiger partial charge in [0.15, 0.2) is 0 Å². The van der Waals surface area contributed by atoms with Gasteiger partial charge in [0.05, 0.1) is 34.2 Å². The van der Waals surface area contributed by atoms with Gasteiger partial charge in [0.1, 0.15) is 24.7 Å². The Kier molecular flexibility index (Phi) is 8.74. The molecule has 0 radical (unpaired) electrons. The second-order valence-corrected chi connectivity index (χ2v) is 9.34. The second-order valence-electron chi connectivity index (χ2n) is 9.34. The van der Waals surface area contributed by atoms with Gasteiger partial charge in [-0.2, -0.15) is 0 Å². The van der Waals surface area contributed by atoms with E-state index < -0.39 is 0 Å². The lowest BCUT2D eigenvalue weighted by Gasteiger charge is -2.08. The summed E-state index contributed by atoms with van der Waals surface area (Å²) in [5, 5.41) is 0. The zero-order valence-electron chi connectivity index (χ0n) is 22.7. The Balaban J connectivity index is 1.21. The molecule has 5 heteroatoms. The molecule has 5 aromatic rings. The summed E-state index contributed by atoms with van der Waals surface area (Å²) in [6.45, 7) is 5.00. The summed E-state index contributed by atoms with van der Waals surface area (Å²) < 4.78 is 11.8. The maximum atomic E-state index is 5.88. The van der Waals surface area contributed by atoms with Crippen LogP contribution in [0.3, 0.4) is 0 Å². The number of rotatable bonds is 10. The highest BCUT2D eigenvalue weighted by Crippen LogP contribution is 2.22.